The second-order valence-electron chi connectivity index (χ2n) is 3.54. The molecule has 0 saturated carbocycles. The Morgan fingerprint density at radius 2 is 2.12 bits per heavy atom. The molecular weight excluding hydrogens is 222 g/mol. The summed E-state index contributed by atoms with van der Waals surface area (Å²) in [6.07, 6.45) is -0.565. The molecule has 1 rings (SSSR count). The molecule has 1 atom stereocenters. The number of nitrogens with one attached hydrogen (secondary N) is 1. The van der Waals surface area contributed by atoms with E-state index < -0.39 is 12.1 Å². The Balaban J connectivity index is 2.30. The summed E-state index contributed by atoms with van der Waals surface area (Å²) in [4.78, 5) is 11.4. The van der Waals surface area contributed by atoms with E-state index in [4.69, 9.17) is 14.6 Å². The van der Waals surface area contributed by atoms with E-state index in [2.05, 4.69) is 5.32 Å². The normalized spacial score (nSPS) is 11.9. The lowest BCUT2D eigenvalue weighted by Gasteiger charge is -2.15. The average Bonchev–Trinajstić information content (AvgIpc) is 2.37. The highest BCUT2D eigenvalue weighted by Crippen LogP contribution is 2.00. The van der Waals surface area contributed by atoms with Gasteiger partial charge in [-0.1, -0.05) is 30.3 Å². The number of methoxy groups -OCH3 is 1. The van der Waals surface area contributed by atoms with E-state index in [1.54, 1.807) is 0 Å². The highest BCUT2D eigenvalue weighted by atomic mass is 16.5. The molecule has 1 amide bonds. The fourth-order valence-electron chi connectivity index (χ4n) is 1.27. The molecule has 0 unspecified atom stereocenters. The van der Waals surface area contributed by atoms with Crippen molar-refractivity contribution in [2.45, 2.75) is 12.6 Å². The summed E-state index contributed by atoms with van der Waals surface area (Å²) in [5.41, 5.74) is 0.912. The predicted molar refractivity (Wildman–Crippen MR) is 62.5 cm³/mol. The molecule has 0 saturated heterocycles. The zero-order valence-corrected chi connectivity index (χ0v) is 9.76. The third kappa shape index (κ3) is 5.33. The van der Waals surface area contributed by atoms with Gasteiger partial charge < -0.3 is 19.9 Å². The highest BCUT2D eigenvalue weighted by Gasteiger charge is 2.11. The molecule has 0 aliphatic carbocycles. The Morgan fingerprint density at radius 3 is 2.71 bits per heavy atom. The van der Waals surface area contributed by atoms with Crippen molar-refractivity contribution < 1.29 is 19.4 Å². The Morgan fingerprint density at radius 1 is 1.41 bits per heavy atom. The van der Waals surface area contributed by atoms with Crippen molar-refractivity contribution in [3.8, 4) is 0 Å². The van der Waals surface area contributed by atoms with Gasteiger partial charge in [-0.15, -0.1) is 0 Å². The van der Waals surface area contributed by atoms with E-state index in [1.807, 2.05) is 30.3 Å². The lowest BCUT2D eigenvalue weighted by Crippen LogP contribution is -2.40. The monoisotopic (exact) mass is 239 g/mol. The lowest BCUT2D eigenvalue weighted by molar-refractivity contribution is 0.103. The van der Waals surface area contributed by atoms with Crippen molar-refractivity contribution in [2.24, 2.45) is 0 Å². The number of amides is 1. The van der Waals surface area contributed by atoms with Gasteiger partial charge in [-0.3, -0.25) is 0 Å². The zero-order chi connectivity index (χ0) is 12.5. The first-order chi connectivity index (χ1) is 8.26. The van der Waals surface area contributed by atoms with Crippen LogP contribution in [0, 0.1) is 0 Å². The molecule has 0 fully saturated rings. The third-order valence-corrected chi connectivity index (χ3v) is 2.12. The van der Waals surface area contributed by atoms with Gasteiger partial charge in [0.25, 0.3) is 0 Å². The van der Waals surface area contributed by atoms with E-state index >= 15 is 0 Å². The maximum Gasteiger partial charge on any atom is 0.407 e. The lowest BCUT2D eigenvalue weighted by atomic mass is 10.2. The van der Waals surface area contributed by atoms with Gasteiger partial charge in [0, 0.05) is 7.11 Å². The van der Waals surface area contributed by atoms with Crippen LogP contribution in [0.4, 0.5) is 4.79 Å². The largest absolute Gasteiger partial charge is 0.445 e. The fraction of sp³-hybridized carbons (Fsp3) is 0.417. The van der Waals surface area contributed by atoms with Crippen LogP contribution in [0.25, 0.3) is 0 Å². The van der Waals surface area contributed by atoms with Crippen LogP contribution in [-0.4, -0.2) is 37.6 Å². The molecule has 1 aromatic carbocycles. The van der Waals surface area contributed by atoms with Crippen LogP contribution >= 0.6 is 0 Å². The van der Waals surface area contributed by atoms with Gasteiger partial charge in [0.1, 0.15) is 6.61 Å². The smallest absolute Gasteiger partial charge is 0.407 e. The molecule has 0 bridgehead atoms. The first-order valence-corrected chi connectivity index (χ1v) is 5.33. The summed E-state index contributed by atoms with van der Waals surface area (Å²) in [5, 5.41) is 11.4. The summed E-state index contributed by atoms with van der Waals surface area (Å²) >= 11 is 0. The minimum absolute atomic E-state index is 0.186. The number of benzene rings is 1. The Hall–Kier alpha value is -1.59. The van der Waals surface area contributed by atoms with Crippen LogP contribution in [0.2, 0.25) is 0 Å². The standard InChI is InChI=1S/C12H17NO4/c1-16-9-11(7-14)13-12(15)17-8-10-5-3-2-4-6-10/h2-6,11,14H,7-9H2,1H3,(H,13,15)/t11-/m0/s1. The first kappa shape index (κ1) is 13.5. The van der Waals surface area contributed by atoms with Crippen molar-refractivity contribution in [2.75, 3.05) is 20.3 Å². The number of carbonyl (C=O) groups is 1. The molecular formula is C12H17NO4. The Kier molecular flexibility index (Phi) is 6.06. The SMILES string of the molecule is COC[C@H](CO)NC(=O)OCc1ccccc1. The highest BCUT2D eigenvalue weighted by molar-refractivity contribution is 5.67. The minimum Gasteiger partial charge on any atom is -0.445 e. The molecule has 0 radical (unpaired) electrons. The first-order valence-electron chi connectivity index (χ1n) is 5.33. The van der Waals surface area contributed by atoms with Gasteiger partial charge in [-0.05, 0) is 5.56 Å². The predicted octanol–water partition coefficient (Wildman–Crippen LogP) is 0.920. The molecule has 1 aromatic rings. The van der Waals surface area contributed by atoms with Crippen molar-refractivity contribution in [1.82, 2.24) is 5.32 Å². The number of rotatable bonds is 6. The molecule has 5 heteroatoms. The van der Waals surface area contributed by atoms with E-state index in [-0.39, 0.29) is 19.8 Å². The molecule has 0 aliphatic rings. The van der Waals surface area contributed by atoms with Crippen molar-refractivity contribution in [3.63, 3.8) is 0 Å². The van der Waals surface area contributed by atoms with Crippen molar-refractivity contribution in [1.29, 1.82) is 0 Å². The van der Waals surface area contributed by atoms with E-state index in [0.29, 0.717) is 0 Å². The fourth-order valence-corrected chi connectivity index (χ4v) is 1.27. The third-order valence-electron chi connectivity index (χ3n) is 2.12. The van der Waals surface area contributed by atoms with Crippen LogP contribution in [-0.2, 0) is 16.1 Å². The number of alkyl carbamates (subject to hydrolysis) is 1. The molecule has 5 nitrogen and oxygen atoms in total. The van der Waals surface area contributed by atoms with Gasteiger partial charge in [-0.2, -0.15) is 0 Å². The molecule has 17 heavy (non-hydrogen) atoms. The summed E-state index contributed by atoms with van der Waals surface area (Å²) in [5.74, 6) is 0. The van der Waals surface area contributed by atoms with Gasteiger partial charge in [0.05, 0.1) is 19.3 Å². The van der Waals surface area contributed by atoms with Gasteiger partial charge in [-0.25, -0.2) is 4.79 Å². The number of carbonyl (C=O) groups excluding carboxylic acids is 1. The second kappa shape index (κ2) is 7.65. The second-order valence-corrected chi connectivity index (χ2v) is 3.54. The van der Waals surface area contributed by atoms with Crippen molar-refractivity contribution in [3.05, 3.63) is 35.9 Å². The maximum atomic E-state index is 11.4. The van der Waals surface area contributed by atoms with Crippen LogP contribution in [0.3, 0.4) is 0 Å². The number of hydrogen-bond acceptors (Lipinski definition) is 4. The van der Waals surface area contributed by atoms with Gasteiger partial charge in [0.2, 0.25) is 0 Å². The Labute approximate surface area is 100 Å². The number of aliphatic hydroxyl groups excluding tert-OH is 1. The van der Waals surface area contributed by atoms with E-state index in [1.165, 1.54) is 7.11 Å². The van der Waals surface area contributed by atoms with Crippen LogP contribution in [0.15, 0.2) is 30.3 Å². The number of hydrogen-bond donors (Lipinski definition) is 2. The zero-order valence-electron chi connectivity index (χ0n) is 9.76. The molecule has 94 valence electrons. The molecule has 2 N–H and O–H groups in total. The number of ether oxygens (including phenoxy) is 2. The quantitative estimate of drug-likeness (QED) is 0.774. The van der Waals surface area contributed by atoms with E-state index in [0.717, 1.165) is 5.56 Å². The molecule has 0 spiro atoms. The van der Waals surface area contributed by atoms with Crippen molar-refractivity contribution >= 4 is 6.09 Å². The summed E-state index contributed by atoms with van der Waals surface area (Å²) in [6.45, 7) is 0.267. The maximum absolute atomic E-state index is 11.4. The average molecular weight is 239 g/mol. The summed E-state index contributed by atoms with van der Waals surface area (Å²) in [6, 6.07) is 8.93. The van der Waals surface area contributed by atoms with E-state index in [9.17, 15) is 4.79 Å². The topological polar surface area (TPSA) is 67.8 Å². The Bertz CT molecular complexity index is 329. The van der Waals surface area contributed by atoms with Crippen LogP contribution in [0.1, 0.15) is 5.56 Å². The molecule has 0 aliphatic heterocycles. The van der Waals surface area contributed by atoms with Crippen LogP contribution < -0.4 is 5.32 Å². The summed E-state index contributed by atoms with van der Waals surface area (Å²) < 4.78 is 9.82. The summed E-state index contributed by atoms with van der Waals surface area (Å²) in [7, 11) is 1.50. The number of aliphatic hydroxyl groups is 1. The van der Waals surface area contributed by atoms with Crippen LogP contribution in [0.5, 0.6) is 0 Å². The van der Waals surface area contributed by atoms with Gasteiger partial charge >= 0.3 is 6.09 Å². The minimum atomic E-state index is -0.565. The molecule has 0 aromatic heterocycles. The molecule has 0 heterocycles. The van der Waals surface area contributed by atoms with Gasteiger partial charge in [0.15, 0.2) is 0 Å².